The molecule has 0 aromatic heterocycles. The van der Waals surface area contributed by atoms with Crippen molar-refractivity contribution in [1.82, 2.24) is 0 Å². The minimum absolute atomic E-state index is 0.0981. The van der Waals surface area contributed by atoms with E-state index in [4.69, 9.17) is 0 Å². The van der Waals surface area contributed by atoms with E-state index >= 15 is 0 Å². The number of hydrogen-bond donors (Lipinski definition) is 2. The van der Waals surface area contributed by atoms with Crippen molar-refractivity contribution in [2.24, 2.45) is 0 Å². The SMILES string of the molecule is CC(Nc1ccccc1OC(F)(F)F)c1cccc(O)c1. The molecule has 0 heterocycles. The first kappa shape index (κ1) is 15.0. The topological polar surface area (TPSA) is 41.5 Å². The van der Waals surface area contributed by atoms with Crippen molar-refractivity contribution in [1.29, 1.82) is 0 Å². The van der Waals surface area contributed by atoms with Gasteiger partial charge in [-0.2, -0.15) is 0 Å². The summed E-state index contributed by atoms with van der Waals surface area (Å²) in [6.45, 7) is 1.78. The molecule has 0 bridgehead atoms. The number of aromatic hydroxyl groups is 1. The zero-order chi connectivity index (χ0) is 15.5. The van der Waals surface area contributed by atoms with Crippen molar-refractivity contribution < 1.29 is 23.0 Å². The molecule has 3 nitrogen and oxygen atoms in total. The van der Waals surface area contributed by atoms with Crippen LogP contribution in [0.15, 0.2) is 48.5 Å². The molecule has 21 heavy (non-hydrogen) atoms. The highest BCUT2D eigenvalue weighted by Gasteiger charge is 2.32. The third-order valence-electron chi connectivity index (χ3n) is 2.85. The standard InChI is InChI=1S/C15H14F3NO2/c1-10(11-5-4-6-12(20)9-11)19-13-7-2-3-8-14(13)21-15(16,17)18/h2-10,19-20H,1H3. The smallest absolute Gasteiger partial charge is 0.508 e. The second-order valence-electron chi connectivity index (χ2n) is 4.50. The van der Waals surface area contributed by atoms with Gasteiger partial charge in [0.05, 0.1) is 5.69 Å². The van der Waals surface area contributed by atoms with E-state index in [0.717, 1.165) is 5.56 Å². The molecule has 112 valence electrons. The molecule has 2 rings (SSSR count). The Bertz CT molecular complexity index is 614. The third kappa shape index (κ3) is 4.30. The lowest BCUT2D eigenvalue weighted by atomic mass is 10.1. The van der Waals surface area contributed by atoms with Gasteiger partial charge in [-0.1, -0.05) is 24.3 Å². The molecule has 2 aromatic rings. The quantitative estimate of drug-likeness (QED) is 0.875. The molecular formula is C15H14F3NO2. The van der Waals surface area contributed by atoms with Gasteiger partial charge < -0.3 is 15.2 Å². The second-order valence-corrected chi connectivity index (χ2v) is 4.50. The summed E-state index contributed by atoms with van der Waals surface area (Å²) >= 11 is 0. The number of phenols is 1. The molecule has 0 saturated carbocycles. The summed E-state index contributed by atoms with van der Waals surface area (Å²) in [6.07, 6.45) is -4.74. The van der Waals surface area contributed by atoms with Gasteiger partial charge in [-0.15, -0.1) is 13.2 Å². The Labute approximate surface area is 120 Å². The van der Waals surface area contributed by atoms with Crippen molar-refractivity contribution in [3.05, 3.63) is 54.1 Å². The molecule has 0 aliphatic heterocycles. The average molecular weight is 297 g/mol. The van der Waals surface area contributed by atoms with Crippen LogP contribution in [0.3, 0.4) is 0 Å². The molecule has 0 radical (unpaired) electrons. The Kier molecular flexibility index (Phi) is 4.26. The Hall–Kier alpha value is -2.37. The van der Waals surface area contributed by atoms with Gasteiger partial charge in [-0.3, -0.25) is 0 Å². The first-order valence-electron chi connectivity index (χ1n) is 6.25. The van der Waals surface area contributed by atoms with E-state index in [1.165, 1.54) is 24.3 Å². The van der Waals surface area contributed by atoms with Crippen LogP contribution in [0.1, 0.15) is 18.5 Å². The van der Waals surface area contributed by atoms with E-state index in [0.29, 0.717) is 0 Å². The number of benzene rings is 2. The number of phenolic OH excluding ortho intramolecular Hbond substituents is 1. The zero-order valence-electron chi connectivity index (χ0n) is 11.2. The number of rotatable bonds is 4. The van der Waals surface area contributed by atoms with E-state index in [2.05, 4.69) is 10.1 Å². The van der Waals surface area contributed by atoms with Crippen LogP contribution < -0.4 is 10.1 Å². The van der Waals surface area contributed by atoms with E-state index < -0.39 is 6.36 Å². The molecule has 0 fully saturated rings. The van der Waals surface area contributed by atoms with Crippen molar-refractivity contribution in [3.63, 3.8) is 0 Å². The average Bonchev–Trinajstić information content (AvgIpc) is 2.39. The molecule has 6 heteroatoms. The van der Waals surface area contributed by atoms with Crippen LogP contribution in [0, 0.1) is 0 Å². The number of anilines is 1. The van der Waals surface area contributed by atoms with Crippen LogP contribution in [0.25, 0.3) is 0 Å². The first-order valence-corrected chi connectivity index (χ1v) is 6.25. The predicted molar refractivity (Wildman–Crippen MR) is 73.3 cm³/mol. The minimum atomic E-state index is -4.74. The van der Waals surface area contributed by atoms with Crippen LogP contribution in [0.2, 0.25) is 0 Å². The highest BCUT2D eigenvalue weighted by molar-refractivity contribution is 5.57. The van der Waals surface area contributed by atoms with Crippen molar-refractivity contribution in [2.45, 2.75) is 19.3 Å². The second kappa shape index (κ2) is 5.95. The molecule has 0 aliphatic carbocycles. The van der Waals surface area contributed by atoms with Crippen LogP contribution in [0.4, 0.5) is 18.9 Å². The van der Waals surface area contributed by atoms with Gasteiger partial charge in [-0.05, 0) is 36.8 Å². The largest absolute Gasteiger partial charge is 0.573 e. The van der Waals surface area contributed by atoms with Gasteiger partial charge in [0.2, 0.25) is 0 Å². The number of alkyl halides is 3. The number of halogens is 3. The van der Waals surface area contributed by atoms with Crippen LogP contribution in [-0.2, 0) is 0 Å². The molecule has 0 aliphatic rings. The maximum atomic E-state index is 12.4. The van der Waals surface area contributed by atoms with Crippen molar-refractivity contribution >= 4 is 5.69 Å². The number of para-hydroxylation sites is 2. The number of nitrogens with one attached hydrogen (secondary N) is 1. The highest BCUT2D eigenvalue weighted by Crippen LogP contribution is 2.32. The number of hydrogen-bond acceptors (Lipinski definition) is 3. The van der Waals surface area contributed by atoms with Gasteiger partial charge in [-0.25, -0.2) is 0 Å². The van der Waals surface area contributed by atoms with Gasteiger partial charge >= 0.3 is 6.36 Å². The minimum Gasteiger partial charge on any atom is -0.508 e. The van der Waals surface area contributed by atoms with Crippen LogP contribution in [0.5, 0.6) is 11.5 Å². The Morgan fingerprint density at radius 1 is 1.10 bits per heavy atom. The lowest BCUT2D eigenvalue weighted by Crippen LogP contribution is -2.18. The maximum absolute atomic E-state index is 12.4. The monoisotopic (exact) mass is 297 g/mol. The van der Waals surface area contributed by atoms with Crippen molar-refractivity contribution in [3.8, 4) is 11.5 Å². The third-order valence-corrected chi connectivity index (χ3v) is 2.85. The van der Waals surface area contributed by atoms with Crippen LogP contribution in [-0.4, -0.2) is 11.5 Å². The molecule has 2 N–H and O–H groups in total. The Morgan fingerprint density at radius 2 is 1.81 bits per heavy atom. The Morgan fingerprint density at radius 3 is 2.48 bits per heavy atom. The van der Waals surface area contributed by atoms with Crippen molar-refractivity contribution in [2.75, 3.05) is 5.32 Å². The van der Waals surface area contributed by atoms with Gasteiger partial charge in [0.15, 0.2) is 5.75 Å². The molecular weight excluding hydrogens is 283 g/mol. The van der Waals surface area contributed by atoms with E-state index in [9.17, 15) is 18.3 Å². The first-order chi connectivity index (χ1) is 9.85. The lowest BCUT2D eigenvalue weighted by Gasteiger charge is -2.19. The summed E-state index contributed by atoms with van der Waals surface area (Å²) < 4.78 is 41.0. The highest BCUT2D eigenvalue weighted by atomic mass is 19.4. The van der Waals surface area contributed by atoms with E-state index in [-0.39, 0.29) is 23.2 Å². The zero-order valence-corrected chi connectivity index (χ0v) is 11.2. The Balaban J connectivity index is 2.19. The summed E-state index contributed by atoms with van der Waals surface area (Å²) in [6, 6.07) is 12.0. The fraction of sp³-hybridized carbons (Fsp3) is 0.200. The fourth-order valence-electron chi connectivity index (χ4n) is 1.91. The summed E-state index contributed by atoms with van der Waals surface area (Å²) in [7, 11) is 0. The van der Waals surface area contributed by atoms with Crippen LogP contribution >= 0.6 is 0 Å². The summed E-state index contributed by atoms with van der Waals surface area (Å²) in [4.78, 5) is 0. The molecule has 2 aromatic carbocycles. The van der Waals surface area contributed by atoms with Gasteiger partial charge in [0.1, 0.15) is 5.75 Å². The molecule has 0 amide bonds. The predicted octanol–water partition coefficient (Wildman–Crippen LogP) is 4.46. The van der Waals surface area contributed by atoms with Gasteiger partial charge in [0.25, 0.3) is 0 Å². The molecule has 1 atom stereocenters. The summed E-state index contributed by atoms with van der Waals surface area (Å²) in [5, 5.41) is 12.4. The summed E-state index contributed by atoms with van der Waals surface area (Å²) in [5.41, 5.74) is 0.975. The molecule has 1 unspecified atom stereocenters. The maximum Gasteiger partial charge on any atom is 0.573 e. The van der Waals surface area contributed by atoms with Gasteiger partial charge in [0, 0.05) is 6.04 Å². The van der Waals surface area contributed by atoms with E-state index in [1.54, 1.807) is 31.2 Å². The van der Waals surface area contributed by atoms with E-state index in [1.807, 2.05) is 0 Å². The summed E-state index contributed by atoms with van der Waals surface area (Å²) in [5.74, 6) is -0.196. The normalized spacial score (nSPS) is 12.8. The fourth-order valence-corrected chi connectivity index (χ4v) is 1.91. The molecule has 0 saturated heterocycles. The molecule has 0 spiro atoms. The lowest BCUT2D eigenvalue weighted by molar-refractivity contribution is -0.274. The number of ether oxygens (including phenoxy) is 1.